The molecule has 0 bridgehead atoms. The van der Waals surface area contributed by atoms with Crippen LogP contribution in [0.4, 0.5) is 5.95 Å². The summed E-state index contributed by atoms with van der Waals surface area (Å²) < 4.78 is 0. The van der Waals surface area contributed by atoms with Crippen LogP contribution in [-0.2, 0) is 6.54 Å². The summed E-state index contributed by atoms with van der Waals surface area (Å²) in [6, 6.07) is 8.04. The van der Waals surface area contributed by atoms with E-state index in [0.717, 1.165) is 23.5 Å². The zero-order chi connectivity index (χ0) is 11.7. The quantitative estimate of drug-likeness (QED) is 0.738. The molecule has 0 atom stereocenters. The molecule has 0 radical (unpaired) electrons. The molecule has 3 nitrogen and oxygen atoms in total. The van der Waals surface area contributed by atoms with Crippen LogP contribution < -0.4 is 5.32 Å². The lowest BCUT2D eigenvalue weighted by Crippen LogP contribution is -2.00. The van der Waals surface area contributed by atoms with Gasteiger partial charge in [-0.05, 0) is 40.9 Å². The third-order valence-electron chi connectivity index (χ3n) is 2.80. The molecule has 0 aliphatic heterocycles. The minimum Gasteiger partial charge on any atom is -0.352 e. The third-order valence-corrected chi connectivity index (χ3v) is 3.71. The maximum absolute atomic E-state index is 4.48. The van der Waals surface area contributed by atoms with Crippen LogP contribution in [0.25, 0.3) is 11.0 Å². The molecule has 0 amide bonds. The van der Waals surface area contributed by atoms with Gasteiger partial charge in [0.2, 0.25) is 5.95 Å². The number of aryl methyl sites for hydroxylation is 1. The fourth-order valence-electron chi connectivity index (χ4n) is 1.78. The van der Waals surface area contributed by atoms with Crippen molar-refractivity contribution >= 4 is 28.3 Å². The normalized spacial score (nSPS) is 10.9. The van der Waals surface area contributed by atoms with E-state index in [0.29, 0.717) is 0 Å². The van der Waals surface area contributed by atoms with Gasteiger partial charge in [-0.15, -0.1) is 0 Å². The summed E-state index contributed by atoms with van der Waals surface area (Å²) in [6.07, 6.45) is 0. The Bertz CT molecular complexity index is 606. The van der Waals surface area contributed by atoms with Crippen LogP contribution in [0.15, 0.2) is 35.0 Å². The van der Waals surface area contributed by atoms with E-state index >= 15 is 0 Å². The van der Waals surface area contributed by atoms with Crippen LogP contribution in [0, 0.1) is 6.92 Å². The smallest absolute Gasteiger partial charge is 0.201 e. The van der Waals surface area contributed by atoms with Gasteiger partial charge in [0.05, 0.1) is 11.0 Å². The Balaban J connectivity index is 1.79. The molecule has 1 aromatic carbocycles. The van der Waals surface area contributed by atoms with Crippen molar-refractivity contribution in [2.24, 2.45) is 0 Å². The Labute approximate surface area is 104 Å². The molecule has 0 unspecified atom stereocenters. The number of aromatic amines is 1. The molecule has 0 aliphatic rings. The monoisotopic (exact) mass is 243 g/mol. The number of nitrogens with zero attached hydrogens (tertiary/aromatic N) is 1. The van der Waals surface area contributed by atoms with Gasteiger partial charge in [0.25, 0.3) is 0 Å². The molecule has 0 saturated carbocycles. The summed E-state index contributed by atoms with van der Waals surface area (Å²) in [4.78, 5) is 7.74. The summed E-state index contributed by atoms with van der Waals surface area (Å²) in [6.45, 7) is 2.95. The summed E-state index contributed by atoms with van der Waals surface area (Å²) in [5.41, 5.74) is 4.73. The van der Waals surface area contributed by atoms with E-state index in [1.807, 2.05) is 24.3 Å². The first-order valence-electron chi connectivity index (χ1n) is 5.53. The summed E-state index contributed by atoms with van der Waals surface area (Å²) in [7, 11) is 0. The third kappa shape index (κ3) is 2.03. The molecule has 0 spiro atoms. The van der Waals surface area contributed by atoms with E-state index in [1.165, 1.54) is 11.1 Å². The lowest BCUT2D eigenvalue weighted by Gasteiger charge is -2.01. The Morgan fingerprint density at radius 3 is 2.94 bits per heavy atom. The highest BCUT2D eigenvalue weighted by Crippen LogP contribution is 2.17. The topological polar surface area (TPSA) is 40.7 Å². The number of rotatable bonds is 3. The summed E-state index contributed by atoms with van der Waals surface area (Å²) >= 11 is 1.74. The standard InChI is InChI=1S/C13H13N3S/c1-9-7-17-8-10(9)6-14-13-15-11-4-2-3-5-12(11)16-13/h2-5,7-8H,6H2,1H3,(H2,14,15,16). The maximum atomic E-state index is 4.48. The Morgan fingerprint density at radius 1 is 1.29 bits per heavy atom. The first-order chi connectivity index (χ1) is 8.33. The molecule has 3 aromatic rings. The van der Waals surface area contributed by atoms with Crippen LogP contribution in [0.3, 0.4) is 0 Å². The highest BCUT2D eigenvalue weighted by atomic mass is 32.1. The van der Waals surface area contributed by atoms with Crippen molar-refractivity contribution in [3.05, 3.63) is 46.2 Å². The molecule has 2 N–H and O–H groups in total. The molecule has 0 aliphatic carbocycles. The molecule has 2 heterocycles. The van der Waals surface area contributed by atoms with Gasteiger partial charge in [0, 0.05) is 6.54 Å². The van der Waals surface area contributed by atoms with E-state index in [1.54, 1.807) is 11.3 Å². The van der Waals surface area contributed by atoms with E-state index in [-0.39, 0.29) is 0 Å². The van der Waals surface area contributed by atoms with Crippen LogP contribution >= 0.6 is 11.3 Å². The first kappa shape index (κ1) is 10.4. The second-order valence-electron chi connectivity index (χ2n) is 4.04. The number of thiophene rings is 1. The fraction of sp³-hybridized carbons (Fsp3) is 0.154. The SMILES string of the molecule is Cc1cscc1CNc1nc2ccccc2[nH]1. The molecule has 3 rings (SSSR count). The summed E-state index contributed by atoms with van der Waals surface area (Å²) in [5, 5.41) is 7.65. The molecular formula is C13H13N3S. The summed E-state index contributed by atoms with van der Waals surface area (Å²) in [5.74, 6) is 0.830. The zero-order valence-electron chi connectivity index (χ0n) is 9.53. The first-order valence-corrected chi connectivity index (χ1v) is 6.47. The number of nitrogens with one attached hydrogen (secondary N) is 2. The lowest BCUT2D eigenvalue weighted by molar-refractivity contribution is 1.09. The molecule has 0 fully saturated rings. The van der Waals surface area contributed by atoms with Crippen molar-refractivity contribution in [3.63, 3.8) is 0 Å². The van der Waals surface area contributed by atoms with Crippen molar-refractivity contribution in [2.45, 2.75) is 13.5 Å². The van der Waals surface area contributed by atoms with Crippen LogP contribution in [0.2, 0.25) is 0 Å². The van der Waals surface area contributed by atoms with E-state index < -0.39 is 0 Å². The minimum atomic E-state index is 0.815. The highest BCUT2D eigenvalue weighted by Gasteiger charge is 2.03. The number of benzene rings is 1. The molecular weight excluding hydrogens is 230 g/mol. The zero-order valence-corrected chi connectivity index (χ0v) is 10.3. The average Bonchev–Trinajstić information content (AvgIpc) is 2.92. The molecule has 4 heteroatoms. The molecule has 17 heavy (non-hydrogen) atoms. The van der Waals surface area contributed by atoms with Crippen molar-refractivity contribution in [3.8, 4) is 0 Å². The van der Waals surface area contributed by atoms with Gasteiger partial charge in [0.1, 0.15) is 0 Å². The van der Waals surface area contributed by atoms with Gasteiger partial charge in [-0.3, -0.25) is 0 Å². The Kier molecular flexibility index (Phi) is 2.57. The lowest BCUT2D eigenvalue weighted by atomic mass is 10.2. The largest absolute Gasteiger partial charge is 0.352 e. The van der Waals surface area contributed by atoms with Gasteiger partial charge < -0.3 is 10.3 Å². The Hall–Kier alpha value is -1.81. The molecule has 0 saturated heterocycles. The average molecular weight is 243 g/mol. The molecule has 2 aromatic heterocycles. The number of hydrogen-bond donors (Lipinski definition) is 2. The number of hydrogen-bond acceptors (Lipinski definition) is 3. The number of para-hydroxylation sites is 2. The van der Waals surface area contributed by atoms with E-state index in [9.17, 15) is 0 Å². The van der Waals surface area contributed by atoms with Crippen LogP contribution in [0.5, 0.6) is 0 Å². The number of fused-ring (bicyclic) bond motifs is 1. The highest BCUT2D eigenvalue weighted by molar-refractivity contribution is 7.08. The van der Waals surface area contributed by atoms with Crippen molar-refractivity contribution in [1.29, 1.82) is 0 Å². The maximum Gasteiger partial charge on any atom is 0.201 e. The van der Waals surface area contributed by atoms with Crippen molar-refractivity contribution < 1.29 is 0 Å². The van der Waals surface area contributed by atoms with Gasteiger partial charge in [-0.2, -0.15) is 11.3 Å². The van der Waals surface area contributed by atoms with Gasteiger partial charge in [0.15, 0.2) is 0 Å². The van der Waals surface area contributed by atoms with Gasteiger partial charge >= 0.3 is 0 Å². The van der Waals surface area contributed by atoms with Crippen LogP contribution in [-0.4, -0.2) is 9.97 Å². The van der Waals surface area contributed by atoms with Crippen molar-refractivity contribution in [2.75, 3.05) is 5.32 Å². The van der Waals surface area contributed by atoms with E-state index in [2.05, 4.69) is 33.0 Å². The van der Waals surface area contributed by atoms with E-state index in [4.69, 9.17) is 0 Å². The second kappa shape index (κ2) is 4.22. The van der Waals surface area contributed by atoms with Gasteiger partial charge in [-0.25, -0.2) is 4.98 Å². The second-order valence-corrected chi connectivity index (χ2v) is 4.78. The predicted molar refractivity (Wildman–Crippen MR) is 72.5 cm³/mol. The van der Waals surface area contributed by atoms with Gasteiger partial charge in [-0.1, -0.05) is 12.1 Å². The number of H-pyrrole nitrogens is 1. The minimum absolute atomic E-state index is 0.815. The predicted octanol–water partition coefficient (Wildman–Crippen LogP) is 3.54. The number of imidazole rings is 1. The number of aromatic nitrogens is 2. The fourth-order valence-corrected chi connectivity index (χ4v) is 2.64. The van der Waals surface area contributed by atoms with Crippen LogP contribution in [0.1, 0.15) is 11.1 Å². The Morgan fingerprint density at radius 2 is 2.18 bits per heavy atom. The number of anilines is 1. The molecule has 86 valence electrons. The van der Waals surface area contributed by atoms with Crippen molar-refractivity contribution in [1.82, 2.24) is 9.97 Å².